The van der Waals surface area contributed by atoms with Gasteiger partial charge in [-0.25, -0.2) is 4.79 Å². The van der Waals surface area contributed by atoms with Gasteiger partial charge in [-0.05, 0) is 69.7 Å². The smallest absolute Gasteiger partial charge is 0.411 e. The molecule has 3 N–H and O–H groups in total. The van der Waals surface area contributed by atoms with Gasteiger partial charge in [0.25, 0.3) is 5.91 Å². The molecule has 0 spiro atoms. The largest absolute Gasteiger partial charge is 0.480 e. The van der Waals surface area contributed by atoms with Crippen molar-refractivity contribution >= 4 is 39.6 Å². The SMILES string of the molecule is Cc1cc(Br)c(C(=O)N[C@H](C)C(=O)O)cc1NC(=O)OCC1c2ccccc2-c2ccccc21. The molecule has 0 heterocycles. The van der Waals surface area contributed by atoms with Crippen molar-refractivity contribution in [2.75, 3.05) is 11.9 Å². The molecule has 3 aromatic carbocycles. The zero-order chi connectivity index (χ0) is 24.4. The lowest BCUT2D eigenvalue weighted by atomic mass is 9.98. The quantitative estimate of drug-likeness (QED) is 0.406. The molecule has 0 unspecified atom stereocenters. The maximum absolute atomic E-state index is 12.7. The third-order valence-corrected chi connectivity index (χ3v) is 6.51. The lowest BCUT2D eigenvalue weighted by molar-refractivity contribution is -0.138. The average molecular weight is 523 g/mol. The van der Waals surface area contributed by atoms with E-state index in [-0.39, 0.29) is 18.1 Å². The Morgan fingerprint density at radius 2 is 1.62 bits per heavy atom. The third kappa shape index (κ3) is 4.68. The van der Waals surface area contributed by atoms with Gasteiger partial charge in [0.05, 0.1) is 5.56 Å². The number of hydrogen-bond donors (Lipinski definition) is 3. The van der Waals surface area contributed by atoms with Crippen molar-refractivity contribution in [1.29, 1.82) is 0 Å². The summed E-state index contributed by atoms with van der Waals surface area (Å²) in [5.41, 5.74) is 5.82. The van der Waals surface area contributed by atoms with E-state index in [1.807, 2.05) is 36.4 Å². The number of carbonyl (C=O) groups excluding carboxylic acids is 2. The summed E-state index contributed by atoms with van der Waals surface area (Å²) in [6.45, 7) is 3.32. The van der Waals surface area contributed by atoms with Crippen LogP contribution in [-0.4, -0.2) is 35.7 Å². The first kappa shape index (κ1) is 23.5. The molecule has 0 aromatic heterocycles. The maximum atomic E-state index is 12.7. The number of rotatable bonds is 6. The van der Waals surface area contributed by atoms with Crippen molar-refractivity contribution in [2.45, 2.75) is 25.8 Å². The van der Waals surface area contributed by atoms with E-state index in [4.69, 9.17) is 9.84 Å². The van der Waals surface area contributed by atoms with Gasteiger partial charge in [-0.3, -0.25) is 14.9 Å². The van der Waals surface area contributed by atoms with Gasteiger partial charge in [-0.1, -0.05) is 48.5 Å². The minimum absolute atomic E-state index is 0.0667. The zero-order valence-electron chi connectivity index (χ0n) is 18.6. The first-order valence-corrected chi connectivity index (χ1v) is 11.5. The summed E-state index contributed by atoms with van der Waals surface area (Å²) in [5, 5.41) is 14.1. The standard InChI is InChI=1S/C26H23BrN2O5/c1-14-11-22(27)20(24(30)28-15(2)25(31)32)12-23(14)29-26(33)34-13-21-18-9-5-3-7-16(18)17-8-4-6-10-19(17)21/h3-12,15,21H,13H2,1-2H3,(H,28,30)(H,29,33)(H,31,32)/t15-/m1/s1. The molecule has 2 amide bonds. The lowest BCUT2D eigenvalue weighted by Crippen LogP contribution is -2.38. The Bertz CT molecular complexity index is 1240. The topological polar surface area (TPSA) is 105 Å². The second-order valence-corrected chi connectivity index (χ2v) is 8.99. The number of carbonyl (C=O) groups is 3. The normalized spacial score (nSPS) is 12.9. The number of carboxylic acid groups (broad SMARTS) is 1. The number of anilines is 1. The minimum atomic E-state index is -1.14. The summed E-state index contributed by atoms with van der Waals surface area (Å²) in [5.74, 6) is -1.78. The van der Waals surface area contributed by atoms with Crippen LogP contribution < -0.4 is 10.6 Å². The second-order valence-electron chi connectivity index (χ2n) is 8.13. The van der Waals surface area contributed by atoms with E-state index in [0.717, 1.165) is 22.3 Å². The Labute approximate surface area is 205 Å². The molecule has 0 saturated carbocycles. The first-order valence-electron chi connectivity index (χ1n) is 10.7. The number of aryl methyl sites for hydroxylation is 1. The minimum Gasteiger partial charge on any atom is -0.480 e. The molecule has 174 valence electrons. The molecular weight excluding hydrogens is 500 g/mol. The number of halogens is 1. The number of hydrogen-bond acceptors (Lipinski definition) is 4. The van der Waals surface area contributed by atoms with Crippen LogP contribution in [0.2, 0.25) is 0 Å². The van der Waals surface area contributed by atoms with Gasteiger partial charge in [-0.15, -0.1) is 0 Å². The highest BCUT2D eigenvalue weighted by Gasteiger charge is 2.29. The molecule has 34 heavy (non-hydrogen) atoms. The Kier molecular flexibility index (Phi) is 6.70. The maximum Gasteiger partial charge on any atom is 0.411 e. The predicted molar refractivity (Wildman–Crippen MR) is 132 cm³/mol. The van der Waals surface area contributed by atoms with Crippen LogP contribution in [0.3, 0.4) is 0 Å². The molecule has 0 aliphatic heterocycles. The van der Waals surface area contributed by atoms with Crippen LogP contribution in [0.15, 0.2) is 65.1 Å². The number of benzene rings is 3. The fourth-order valence-electron chi connectivity index (χ4n) is 4.06. The number of ether oxygens (including phenoxy) is 1. The monoisotopic (exact) mass is 522 g/mol. The number of carboxylic acids is 1. The number of amides is 2. The van der Waals surface area contributed by atoms with Gasteiger partial charge in [0.1, 0.15) is 12.6 Å². The van der Waals surface area contributed by atoms with Gasteiger partial charge in [-0.2, -0.15) is 0 Å². The summed E-state index contributed by atoms with van der Waals surface area (Å²) in [4.78, 5) is 36.2. The summed E-state index contributed by atoms with van der Waals surface area (Å²) >= 11 is 3.33. The lowest BCUT2D eigenvalue weighted by Gasteiger charge is -2.16. The van der Waals surface area contributed by atoms with Crippen molar-refractivity contribution in [3.05, 3.63) is 87.4 Å². The molecule has 1 aliphatic carbocycles. The number of fused-ring (bicyclic) bond motifs is 3. The third-order valence-electron chi connectivity index (χ3n) is 5.86. The Hall–Kier alpha value is -3.65. The summed E-state index contributed by atoms with van der Waals surface area (Å²) in [6.07, 6.45) is -0.641. The molecule has 7 nitrogen and oxygen atoms in total. The highest BCUT2D eigenvalue weighted by Crippen LogP contribution is 2.44. The van der Waals surface area contributed by atoms with E-state index in [0.29, 0.717) is 15.7 Å². The Morgan fingerprint density at radius 1 is 1.03 bits per heavy atom. The highest BCUT2D eigenvalue weighted by molar-refractivity contribution is 9.10. The van der Waals surface area contributed by atoms with E-state index in [2.05, 4.69) is 38.7 Å². The molecule has 1 atom stereocenters. The molecule has 0 radical (unpaired) electrons. The van der Waals surface area contributed by atoms with Gasteiger partial charge in [0, 0.05) is 16.1 Å². The molecule has 0 fully saturated rings. The van der Waals surface area contributed by atoms with Crippen LogP contribution in [0.1, 0.15) is 39.9 Å². The van der Waals surface area contributed by atoms with Gasteiger partial charge < -0.3 is 15.2 Å². The molecule has 0 bridgehead atoms. The Morgan fingerprint density at radius 3 is 2.21 bits per heavy atom. The van der Waals surface area contributed by atoms with Crippen molar-refractivity contribution in [3.63, 3.8) is 0 Å². The van der Waals surface area contributed by atoms with E-state index < -0.39 is 24.0 Å². The number of nitrogens with one attached hydrogen (secondary N) is 2. The molecule has 1 aliphatic rings. The van der Waals surface area contributed by atoms with Gasteiger partial charge in [0.15, 0.2) is 0 Å². The van der Waals surface area contributed by atoms with Crippen LogP contribution in [0, 0.1) is 6.92 Å². The van der Waals surface area contributed by atoms with Crippen molar-refractivity contribution in [2.24, 2.45) is 0 Å². The predicted octanol–water partition coefficient (Wildman–Crippen LogP) is 5.32. The van der Waals surface area contributed by atoms with E-state index >= 15 is 0 Å². The van der Waals surface area contributed by atoms with Crippen molar-refractivity contribution in [1.82, 2.24) is 5.32 Å². The van der Waals surface area contributed by atoms with Crippen LogP contribution in [0.25, 0.3) is 11.1 Å². The van der Waals surface area contributed by atoms with Crippen LogP contribution in [0.4, 0.5) is 10.5 Å². The average Bonchev–Trinajstić information content (AvgIpc) is 3.13. The van der Waals surface area contributed by atoms with Crippen LogP contribution in [-0.2, 0) is 9.53 Å². The van der Waals surface area contributed by atoms with E-state index in [9.17, 15) is 14.4 Å². The van der Waals surface area contributed by atoms with Crippen LogP contribution in [0.5, 0.6) is 0 Å². The van der Waals surface area contributed by atoms with Gasteiger partial charge in [0.2, 0.25) is 0 Å². The second kappa shape index (κ2) is 9.69. The van der Waals surface area contributed by atoms with Crippen molar-refractivity contribution < 1.29 is 24.2 Å². The molecular formula is C26H23BrN2O5. The molecule has 0 saturated heterocycles. The van der Waals surface area contributed by atoms with Gasteiger partial charge >= 0.3 is 12.1 Å². The first-order chi connectivity index (χ1) is 16.3. The van der Waals surface area contributed by atoms with Crippen molar-refractivity contribution in [3.8, 4) is 11.1 Å². The summed E-state index contributed by atoms with van der Waals surface area (Å²) < 4.78 is 6.07. The zero-order valence-corrected chi connectivity index (χ0v) is 20.2. The molecule has 3 aromatic rings. The fourth-order valence-corrected chi connectivity index (χ4v) is 4.70. The summed E-state index contributed by atoms with van der Waals surface area (Å²) in [6, 6.07) is 18.3. The van der Waals surface area contributed by atoms with E-state index in [1.54, 1.807) is 13.0 Å². The molecule has 4 rings (SSSR count). The Balaban J connectivity index is 1.48. The molecule has 8 heteroatoms. The summed E-state index contributed by atoms with van der Waals surface area (Å²) in [7, 11) is 0. The highest BCUT2D eigenvalue weighted by atomic mass is 79.9. The number of aliphatic carboxylic acids is 1. The fraction of sp³-hybridized carbons (Fsp3) is 0.192. The van der Waals surface area contributed by atoms with E-state index in [1.165, 1.54) is 13.0 Å². The van der Waals surface area contributed by atoms with Crippen LogP contribution >= 0.6 is 15.9 Å².